The molecular formula is C15H17N5OS. The first-order chi connectivity index (χ1) is 10.8. The highest BCUT2D eigenvalue weighted by Crippen LogP contribution is 2.20. The predicted octanol–water partition coefficient (Wildman–Crippen LogP) is 2.46. The highest BCUT2D eigenvalue weighted by molar-refractivity contribution is 7.98. The average molecular weight is 315 g/mol. The summed E-state index contributed by atoms with van der Waals surface area (Å²) in [6, 6.07) is 10.1. The smallest absolute Gasteiger partial charge is 0.270 e. The van der Waals surface area contributed by atoms with E-state index in [-0.39, 0.29) is 5.69 Å². The number of hydrogen-bond donors (Lipinski definition) is 1. The molecule has 0 radical (unpaired) electrons. The molecule has 3 aromatic rings. The SMILES string of the molecule is CCCn1c(SCc2ccc(-n3cccn3)cc2)n[nH]c1=O. The lowest BCUT2D eigenvalue weighted by atomic mass is 10.2. The van der Waals surface area contributed by atoms with Crippen molar-refractivity contribution < 1.29 is 0 Å². The van der Waals surface area contributed by atoms with Gasteiger partial charge in [0.15, 0.2) is 5.16 Å². The van der Waals surface area contributed by atoms with Crippen LogP contribution in [-0.2, 0) is 12.3 Å². The van der Waals surface area contributed by atoms with Crippen LogP contribution in [0.1, 0.15) is 18.9 Å². The zero-order chi connectivity index (χ0) is 15.4. The van der Waals surface area contributed by atoms with Crippen molar-refractivity contribution in [3.05, 3.63) is 58.8 Å². The Labute approximate surface area is 132 Å². The van der Waals surface area contributed by atoms with Crippen LogP contribution in [0.2, 0.25) is 0 Å². The largest absolute Gasteiger partial charge is 0.343 e. The molecule has 3 rings (SSSR count). The summed E-state index contributed by atoms with van der Waals surface area (Å²) in [5.41, 5.74) is 2.07. The number of hydrogen-bond acceptors (Lipinski definition) is 4. The molecule has 114 valence electrons. The van der Waals surface area contributed by atoms with E-state index in [2.05, 4.69) is 27.4 Å². The van der Waals surface area contributed by atoms with Crippen LogP contribution >= 0.6 is 11.8 Å². The van der Waals surface area contributed by atoms with Gasteiger partial charge in [0.2, 0.25) is 0 Å². The first-order valence-electron chi connectivity index (χ1n) is 7.15. The van der Waals surface area contributed by atoms with Gasteiger partial charge in [0.1, 0.15) is 0 Å². The molecule has 1 aromatic carbocycles. The minimum Gasteiger partial charge on any atom is -0.270 e. The maximum atomic E-state index is 11.6. The Morgan fingerprint density at radius 1 is 1.27 bits per heavy atom. The van der Waals surface area contributed by atoms with Gasteiger partial charge >= 0.3 is 5.69 Å². The van der Waals surface area contributed by atoms with E-state index < -0.39 is 0 Å². The number of aromatic amines is 1. The molecule has 0 saturated carbocycles. The molecular weight excluding hydrogens is 298 g/mol. The summed E-state index contributed by atoms with van der Waals surface area (Å²) in [5.74, 6) is 0.771. The molecule has 22 heavy (non-hydrogen) atoms. The van der Waals surface area contributed by atoms with Gasteiger partial charge < -0.3 is 0 Å². The van der Waals surface area contributed by atoms with Gasteiger partial charge in [0, 0.05) is 24.7 Å². The zero-order valence-corrected chi connectivity index (χ0v) is 13.1. The predicted molar refractivity (Wildman–Crippen MR) is 86.3 cm³/mol. The van der Waals surface area contributed by atoms with Crippen molar-refractivity contribution in [3.8, 4) is 5.69 Å². The lowest BCUT2D eigenvalue weighted by Gasteiger charge is -2.05. The summed E-state index contributed by atoms with van der Waals surface area (Å²) in [4.78, 5) is 11.6. The molecule has 0 amide bonds. The van der Waals surface area contributed by atoms with Crippen molar-refractivity contribution in [1.82, 2.24) is 24.5 Å². The highest BCUT2D eigenvalue weighted by Gasteiger charge is 2.08. The number of H-pyrrole nitrogens is 1. The molecule has 2 heterocycles. The average Bonchev–Trinajstić information content (AvgIpc) is 3.18. The molecule has 0 bridgehead atoms. The molecule has 0 spiro atoms. The molecule has 1 N–H and O–H groups in total. The van der Waals surface area contributed by atoms with Crippen molar-refractivity contribution >= 4 is 11.8 Å². The summed E-state index contributed by atoms with van der Waals surface area (Å²) in [5, 5.41) is 11.5. The van der Waals surface area contributed by atoms with Gasteiger partial charge in [0.25, 0.3) is 0 Å². The second-order valence-electron chi connectivity index (χ2n) is 4.87. The number of aromatic nitrogens is 5. The molecule has 2 aromatic heterocycles. The van der Waals surface area contributed by atoms with E-state index in [1.54, 1.807) is 22.5 Å². The van der Waals surface area contributed by atoms with Gasteiger partial charge in [-0.3, -0.25) is 4.57 Å². The van der Waals surface area contributed by atoms with E-state index in [1.807, 2.05) is 36.0 Å². The summed E-state index contributed by atoms with van der Waals surface area (Å²) < 4.78 is 3.51. The van der Waals surface area contributed by atoms with Crippen molar-refractivity contribution in [3.63, 3.8) is 0 Å². The van der Waals surface area contributed by atoms with E-state index in [0.29, 0.717) is 6.54 Å². The monoisotopic (exact) mass is 315 g/mol. The van der Waals surface area contributed by atoms with E-state index in [1.165, 1.54) is 5.56 Å². The lowest BCUT2D eigenvalue weighted by Crippen LogP contribution is -2.17. The number of nitrogens with one attached hydrogen (secondary N) is 1. The minimum atomic E-state index is -0.140. The van der Waals surface area contributed by atoms with Crippen LogP contribution in [0.15, 0.2) is 52.7 Å². The summed E-state index contributed by atoms with van der Waals surface area (Å²) in [7, 11) is 0. The third-order valence-electron chi connectivity index (χ3n) is 3.24. The fraction of sp³-hybridized carbons (Fsp3) is 0.267. The van der Waals surface area contributed by atoms with E-state index in [9.17, 15) is 4.79 Å². The fourth-order valence-electron chi connectivity index (χ4n) is 2.15. The zero-order valence-electron chi connectivity index (χ0n) is 12.3. The quantitative estimate of drug-likeness (QED) is 0.710. The Balaban J connectivity index is 1.68. The standard InChI is InChI=1S/C15H17N5OS/c1-2-9-19-14(21)17-18-15(19)22-11-12-4-6-13(7-5-12)20-10-3-8-16-20/h3-8,10H,2,9,11H2,1H3,(H,17,21). The molecule has 0 unspecified atom stereocenters. The second-order valence-corrected chi connectivity index (χ2v) is 5.81. The van der Waals surface area contributed by atoms with E-state index in [0.717, 1.165) is 23.0 Å². The number of benzene rings is 1. The molecule has 7 heteroatoms. The van der Waals surface area contributed by atoms with Gasteiger partial charge in [-0.1, -0.05) is 30.8 Å². The highest BCUT2D eigenvalue weighted by atomic mass is 32.2. The van der Waals surface area contributed by atoms with Crippen molar-refractivity contribution in [2.24, 2.45) is 0 Å². The molecule has 6 nitrogen and oxygen atoms in total. The molecule has 0 saturated heterocycles. The topological polar surface area (TPSA) is 68.5 Å². The normalized spacial score (nSPS) is 11.0. The number of nitrogens with zero attached hydrogens (tertiary/aromatic N) is 4. The molecule has 0 aliphatic carbocycles. The Kier molecular flexibility index (Phi) is 4.43. The Morgan fingerprint density at radius 2 is 2.09 bits per heavy atom. The number of thioether (sulfide) groups is 1. The third-order valence-corrected chi connectivity index (χ3v) is 4.29. The summed E-state index contributed by atoms with van der Waals surface area (Å²) in [6.45, 7) is 2.73. The molecule has 0 atom stereocenters. The van der Waals surface area contributed by atoms with Crippen LogP contribution in [0, 0.1) is 0 Å². The Morgan fingerprint density at radius 3 is 2.77 bits per heavy atom. The first-order valence-corrected chi connectivity index (χ1v) is 8.13. The summed E-state index contributed by atoms with van der Waals surface area (Å²) >= 11 is 1.56. The maximum Gasteiger partial charge on any atom is 0.343 e. The van der Waals surface area contributed by atoms with Crippen LogP contribution in [0.25, 0.3) is 5.69 Å². The Hall–Kier alpha value is -2.28. The van der Waals surface area contributed by atoms with Gasteiger partial charge in [-0.05, 0) is 30.2 Å². The lowest BCUT2D eigenvalue weighted by molar-refractivity contribution is 0.604. The van der Waals surface area contributed by atoms with Crippen LogP contribution in [0.5, 0.6) is 0 Å². The van der Waals surface area contributed by atoms with E-state index in [4.69, 9.17) is 0 Å². The van der Waals surface area contributed by atoms with Gasteiger partial charge in [0.05, 0.1) is 5.69 Å². The van der Waals surface area contributed by atoms with Crippen molar-refractivity contribution in [2.75, 3.05) is 0 Å². The van der Waals surface area contributed by atoms with Crippen LogP contribution in [0.3, 0.4) is 0 Å². The van der Waals surface area contributed by atoms with Crippen LogP contribution in [0.4, 0.5) is 0 Å². The Bertz CT molecular complexity index is 773. The number of rotatable bonds is 6. The van der Waals surface area contributed by atoms with Crippen LogP contribution in [-0.4, -0.2) is 24.5 Å². The first kappa shape index (κ1) is 14.6. The maximum absolute atomic E-state index is 11.6. The summed E-state index contributed by atoms with van der Waals surface area (Å²) in [6.07, 6.45) is 4.58. The molecule has 0 aliphatic rings. The second kappa shape index (κ2) is 6.65. The van der Waals surface area contributed by atoms with Gasteiger partial charge in [-0.15, -0.1) is 5.10 Å². The molecule has 0 aliphatic heterocycles. The van der Waals surface area contributed by atoms with Gasteiger partial charge in [-0.25, -0.2) is 14.6 Å². The fourth-order valence-corrected chi connectivity index (χ4v) is 3.08. The minimum absolute atomic E-state index is 0.140. The van der Waals surface area contributed by atoms with E-state index >= 15 is 0 Å². The van der Waals surface area contributed by atoms with Crippen LogP contribution < -0.4 is 5.69 Å². The van der Waals surface area contributed by atoms with Crippen molar-refractivity contribution in [2.45, 2.75) is 30.8 Å². The van der Waals surface area contributed by atoms with Gasteiger partial charge in [-0.2, -0.15) is 5.10 Å². The van der Waals surface area contributed by atoms with Crippen molar-refractivity contribution in [1.29, 1.82) is 0 Å². The third kappa shape index (κ3) is 3.14. The molecule has 0 fully saturated rings.